The summed E-state index contributed by atoms with van der Waals surface area (Å²) in [6, 6.07) is 7.99. The molecule has 0 saturated carbocycles. The molecular weight excluding hydrogens is 280 g/mol. The van der Waals surface area contributed by atoms with Gasteiger partial charge in [0.05, 0.1) is 5.69 Å². The van der Waals surface area contributed by atoms with Crippen LogP contribution in [0.15, 0.2) is 39.9 Å². The summed E-state index contributed by atoms with van der Waals surface area (Å²) in [5.41, 5.74) is 2.89. The van der Waals surface area contributed by atoms with Gasteiger partial charge in [-0.05, 0) is 30.0 Å². The van der Waals surface area contributed by atoms with Crippen molar-refractivity contribution in [3.05, 3.63) is 68.0 Å². The number of fused-ring (bicyclic) bond motifs is 2. The van der Waals surface area contributed by atoms with Crippen LogP contribution in [0, 0.1) is 0 Å². The second-order valence-corrected chi connectivity index (χ2v) is 5.53. The SMILES string of the molecule is C/C1=C/Cc2ccccc2COc2c1n(C)c(=O)n(C)c2=O. The van der Waals surface area contributed by atoms with E-state index in [1.165, 1.54) is 11.6 Å². The zero-order valence-corrected chi connectivity index (χ0v) is 12.9. The maximum atomic E-state index is 12.4. The summed E-state index contributed by atoms with van der Waals surface area (Å²) < 4.78 is 8.37. The molecule has 0 radical (unpaired) electrons. The van der Waals surface area contributed by atoms with Gasteiger partial charge in [-0.2, -0.15) is 0 Å². The maximum Gasteiger partial charge on any atom is 0.331 e. The fourth-order valence-corrected chi connectivity index (χ4v) is 2.79. The van der Waals surface area contributed by atoms with Gasteiger partial charge in [0.15, 0.2) is 0 Å². The standard InChI is InChI=1S/C17H18N2O3/c1-11-8-9-12-6-4-5-7-13(12)10-22-15-14(11)18(2)17(21)19(3)16(15)20/h4-8H,9-10H2,1-3H3/b11-8-. The van der Waals surface area contributed by atoms with Gasteiger partial charge in [-0.3, -0.25) is 13.9 Å². The second-order valence-electron chi connectivity index (χ2n) is 5.53. The highest BCUT2D eigenvalue weighted by atomic mass is 16.5. The van der Waals surface area contributed by atoms with E-state index in [9.17, 15) is 9.59 Å². The Hall–Kier alpha value is -2.56. The Morgan fingerprint density at radius 3 is 2.45 bits per heavy atom. The molecular formula is C17H18N2O3. The van der Waals surface area contributed by atoms with Crippen molar-refractivity contribution in [2.45, 2.75) is 20.0 Å². The lowest BCUT2D eigenvalue weighted by atomic mass is 10.0. The third kappa shape index (κ3) is 2.19. The Morgan fingerprint density at radius 2 is 1.73 bits per heavy atom. The third-order valence-electron chi connectivity index (χ3n) is 4.12. The minimum absolute atomic E-state index is 0.232. The third-order valence-corrected chi connectivity index (χ3v) is 4.12. The van der Waals surface area contributed by atoms with Gasteiger partial charge >= 0.3 is 5.69 Å². The molecule has 0 spiro atoms. The number of benzene rings is 1. The number of rotatable bonds is 0. The first kappa shape index (κ1) is 14.4. The molecule has 0 aliphatic carbocycles. The summed E-state index contributed by atoms with van der Waals surface area (Å²) in [5, 5.41) is 0. The van der Waals surface area contributed by atoms with Crippen LogP contribution in [0.4, 0.5) is 0 Å². The van der Waals surface area contributed by atoms with E-state index in [-0.39, 0.29) is 11.4 Å². The minimum Gasteiger partial charge on any atom is -0.481 e. The highest BCUT2D eigenvalue weighted by Gasteiger charge is 2.20. The maximum absolute atomic E-state index is 12.4. The van der Waals surface area contributed by atoms with Crippen molar-refractivity contribution in [3.8, 4) is 5.75 Å². The Kier molecular flexibility index (Phi) is 3.48. The van der Waals surface area contributed by atoms with Crippen molar-refractivity contribution in [2.24, 2.45) is 14.1 Å². The Balaban J connectivity index is 2.28. The Bertz CT molecular complexity index is 888. The molecule has 114 valence electrons. The predicted molar refractivity (Wildman–Crippen MR) is 85.1 cm³/mol. The molecule has 5 heteroatoms. The smallest absolute Gasteiger partial charge is 0.331 e. The number of aromatic nitrogens is 2. The van der Waals surface area contributed by atoms with Gasteiger partial charge in [-0.25, -0.2) is 4.79 Å². The summed E-state index contributed by atoms with van der Waals surface area (Å²) in [7, 11) is 3.13. The fourth-order valence-electron chi connectivity index (χ4n) is 2.79. The van der Waals surface area contributed by atoms with Gasteiger partial charge in [-0.15, -0.1) is 0 Å². The lowest BCUT2D eigenvalue weighted by Crippen LogP contribution is -2.39. The molecule has 0 saturated heterocycles. The number of hydrogen-bond donors (Lipinski definition) is 0. The first-order chi connectivity index (χ1) is 10.5. The van der Waals surface area contributed by atoms with Crippen LogP contribution < -0.4 is 16.0 Å². The van der Waals surface area contributed by atoms with E-state index in [0.29, 0.717) is 12.3 Å². The average molecular weight is 298 g/mol. The lowest BCUT2D eigenvalue weighted by Gasteiger charge is -2.15. The van der Waals surface area contributed by atoms with Crippen molar-refractivity contribution >= 4 is 5.57 Å². The quantitative estimate of drug-likeness (QED) is 0.742. The summed E-state index contributed by atoms with van der Waals surface area (Å²) in [4.78, 5) is 24.6. The molecule has 1 aliphatic rings. The van der Waals surface area contributed by atoms with Crippen molar-refractivity contribution in [1.29, 1.82) is 0 Å². The van der Waals surface area contributed by atoms with Crippen LogP contribution in [0.25, 0.3) is 5.57 Å². The molecule has 0 atom stereocenters. The summed E-state index contributed by atoms with van der Waals surface area (Å²) in [6.45, 7) is 2.22. The molecule has 2 heterocycles. The van der Waals surface area contributed by atoms with Crippen LogP contribution in [0.5, 0.6) is 5.75 Å². The van der Waals surface area contributed by atoms with Crippen LogP contribution in [-0.2, 0) is 27.1 Å². The molecule has 0 amide bonds. The zero-order chi connectivity index (χ0) is 15.9. The topological polar surface area (TPSA) is 53.2 Å². The van der Waals surface area contributed by atoms with Gasteiger partial charge in [-0.1, -0.05) is 30.3 Å². The van der Waals surface area contributed by atoms with E-state index in [0.717, 1.165) is 27.7 Å². The fraction of sp³-hybridized carbons (Fsp3) is 0.294. The molecule has 1 aromatic heterocycles. The van der Waals surface area contributed by atoms with E-state index in [2.05, 4.69) is 6.07 Å². The minimum atomic E-state index is -0.398. The first-order valence-electron chi connectivity index (χ1n) is 7.17. The summed E-state index contributed by atoms with van der Waals surface area (Å²) >= 11 is 0. The molecule has 0 N–H and O–H groups in total. The molecule has 22 heavy (non-hydrogen) atoms. The highest BCUT2D eigenvalue weighted by Crippen LogP contribution is 2.25. The zero-order valence-electron chi connectivity index (χ0n) is 12.9. The van der Waals surface area contributed by atoms with Crippen LogP contribution in [0.1, 0.15) is 23.7 Å². The van der Waals surface area contributed by atoms with Crippen molar-refractivity contribution in [2.75, 3.05) is 0 Å². The van der Waals surface area contributed by atoms with Crippen LogP contribution in [-0.4, -0.2) is 9.13 Å². The van der Waals surface area contributed by atoms with Gasteiger partial charge < -0.3 is 4.74 Å². The molecule has 1 aliphatic heterocycles. The summed E-state index contributed by atoms with van der Waals surface area (Å²) in [5.74, 6) is 0.232. The largest absolute Gasteiger partial charge is 0.481 e. The van der Waals surface area contributed by atoms with E-state index in [1.54, 1.807) is 7.05 Å². The van der Waals surface area contributed by atoms with E-state index in [4.69, 9.17) is 4.74 Å². The normalized spacial score (nSPS) is 16.2. The van der Waals surface area contributed by atoms with Crippen molar-refractivity contribution < 1.29 is 4.74 Å². The van der Waals surface area contributed by atoms with Gasteiger partial charge in [0.25, 0.3) is 5.56 Å². The average Bonchev–Trinajstić information content (AvgIpc) is 2.59. The van der Waals surface area contributed by atoms with Gasteiger partial charge in [0, 0.05) is 14.1 Å². The number of hydrogen-bond acceptors (Lipinski definition) is 3. The van der Waals surface area contributed by atoms with Gasteiger partial charge in [0.1, 0.15) is 6.61 Å². The van der Waals surface area contributed by atoms with Crippen LogP contribution in [0.2, 0.25) is 0 Å². The Morgan fingerprint density at radius 1 is 1.05 bits per heavy atom. The summed E-state index contributed by atoms with van der Waals surface area (Å²) in [6.07, 6.45) is 2.78. The number of ether oxygens (including phenoxy) is 1. The molecule has 0 bridgehead atoms. The molecule has 5 nitrogen and oxygen atoms in total. The van der Waals surface area contributed by atoms with Crippen LogP contribution >= 0.6 is 0 Å². The lowest BCUT2D eigenvalue weighted by molar-refractivity contribution is 0.293. The number of allylic oxidation sites excluding steroid dienone is 2. The first-order valence-corrected chi connectivity index (χ1v) is 7.17. The van der Waals surface area contributed by atoms with Crippen molar-refractivity contribution in [3.63, 3.8) is 0 Å². The molecule has 0 fully saturated rings. The van der Waals surface area contributed by atoms with E-state index < -0.39 is 5.56 Å². The number of nitrogens with zero attached hydrogens (tertiary/aromatic N) is 2. The predicted octanol–water partition coefficient (Wildman–Crippen LogP) is 1.62. The van der Waals surface area contributed by atoms with Gasteiger partial charge in [0.2, 0.25) is 5.75 Å². The molecule has 1 aromatic carbocycles. The highest BCUT2D eigenvalue weighted by molar-refractivity contribution is 5.66. The molecule has 3 rings (SSSR count). The second kappa shape index (κ2) is 5.33. The van der Waals surface area contributed by atoms with E-state index >= 15 is 0 Å². The molecule has 0 unspecified atom stereocenters. The van der Waals surface area contributed by atoms with Crippen molar-refractivity contribution in [1.82, 2.24) is 9.13 Å². The van der Waals surface area contributed by atoms with E-state index in [1.807, 2.05) is 31.2 Å². The Labute approximate surface area is 128 Å². The molecule has 2 aromatic rings. The van der Waals surface area contributed by atoms with Crippen LogP contribution in [0.3, 0.4) is 0 Å². The monoisotopic (exact) mass is 298 g/mol.